The summed E-state index contributed by atoms with van der Waals surface area (Å²) >= 11 is 0. The van der Waals surface area contributed by atoms with Crippen molar-refractivity contribution in [1.82, 2.24) is 24.6 Å². The normalized spacial score (nSPS) is 14.9. The van der Waals surface area contributed by atoms with Gasteiger partial charge >= 0.3 is 6.18 Å². The summed E-state index contributed by atoms with van der Waals surface area (Å²) in [7, 11) is 0. The van der Waals surface area contributed by atoms with E-state index >= 15 is 0 Å². The molecule has 0 saturated carbocycles. The van der Waals surface area contributed by atoms with Crippen LogP contribution in [0.15, 0.2) is 54.9 Å². The van der Waals surface area contributed by atoms with Gasteiger partial charge in [0.1, 0.15) is 5.82 Å². The standard InChI is InChI=1S/C22H20F3N7/c1-15-12-19(32-21(27-15)28-20(29-32)16-4-3-7-26-14-16)31-10-8-30(9-11-31)18-6-2-5-17(13-18)22(23,24)25/h2-7,12-14H,8-11H2,1H3. The molecule has 4 heterocycles. The van der Waals surface area contributed by atoms with Crippen molar-refractivity contribution in [3.05, 3.63) is 66.1 Å². The molecule has 0 atom stereocenters. The van der Waals surface area contributed by atoms with Crippen LogP contribution in [0.3, 0.4) is 0 Å². The SMILES string of the molecule is Cc1cc(N2CCN(c3cccc(C(F)(F)F)c3)CC2)n2nc(-c3cccnc3)nc2n1. The summed E-state index contributed by atoms with van der Waals surface area (Å²) in [5.41, 5.74) is 1.57. The largest absolute Gasteiger partial charge is 0.416 e. The molecule has 5 rings (SSSR count). The van der Waals surface area contributed by atoms with Crippen LogP contribution in [0.2, 0.25) is 0 Å². The van der Waals surface area contributed by atoms with Crippen molar-refractivity contribution in [1.29, 1.82) is 0 Å². The van der Waals surface area contributed by atoms with Crippen molar-refractivity contribution in [3.8, 4) is 11.4 Å². The van der Waals surface area contributed by atoms with E-state index in [1.54, 1.807) is 23.0 Å². The van der Waals surface area contributed by atoms with Gasteiger partial charge in [0.2, 0.25) is 0 Å². The third-order valence-electron chi connectivity index (χ3n) is 5.48. The number of aromatic nitrogens is 5. The topological polar surface area (TPSA) is 62.5 Å². The summed E-state index contributed by atoms with van der Waals surface area (Å²) in [6, 6.07) is 11.2. The molecule has 4 aromatic rings. The molecule has 3 aromatic heterocycles. The first kappa shape index (κ1) is 20.2. The Morgan fingerprint density at radius 1 is 0.906 bits per heavy atom. The number of nitrogens with zero attached hydrogens (tertiary/aromatic N) is 7. The van der Waals surface area contributed by atoms with Crippen LogP contribution in [0.5, 0.6) is 0 Å². The Kier molecular flexibility index (Phi) is 4.91. The molecule has 0 bridgehead atoms. The molecule has 0 radical (unpaired) electrons. The fourth-order valence-corrected chi connectivity index (χ4v) is 3.88. The van der Waals surface area contributed by atoms with E-state index in [0.29, 0.717) is 43.5 Å². The van der Waals surface area contributed by atoms with Crippen LogP contribution < -0.4 is 9.80 Å². The summed E-state index contributed by atoms with van der Waals surface area (Å²) in [5, 5.41) is 4.64. The van der Waals surface area contributed by atoms with Crippen molar-refractivity contribution in [2.24, 2.45) is 0 Å². The molecule has 0 spiro atoms. The smallest absolute Gasteiger partial charge is 0.368 e. The Bertz CT molecular complexity index is 1250. The number of pyridine rings is 1. The highest BCUT2D eigenvalue weighted by Crippen LogP contribution is 2.32. The molecule has 164 valence electrons. The van der Waals surface area contributed by atoms with Crippen molar-refractivity contribution >= 4 is 17.3 Å². The van der Waals surface area contributed by atoms with Gasteiger partial charge in [-0.25, -0.2) is 4.98 Å². The van der Waals surface area contributed by atoms with Gasteiger partial charge in [-0.1, -0.05) is 6.07 Å². The zero-order chi connectivity index (χ0) is 22.3. The van der Waals surface area contributed by atoms with E-state index in [1.807, 2.05) is 30.0 Å². The van der Waals surface area contributed by atoms with Gasteiger partial charge in [0.15, 0.2) is 5.82 Å². The second-order valence-electron chi connectivity index (χ2n) is 7.67. The fraction of sp³-hybridized carbons (Fsp3) is 0.273. The molecular formula is C22H20F3N7. The third-order valence-corrected chi connectivity index (χ3v) is 5.48. The van der Waals surface area contributed by atoms with Crippen LogP contribution in [-0.2, 0) is 6.18 Å². The average molecular weight is 439 g/mol. The van der Waals surface area contributed by atoms with Gasteiger partial charge in [-0.05, 0) is 37.3 Å². The Hall–Kier alpha value is -3.69. The molecule has 0 amide bonds. The van der Waals surface area contributed by atoms with E-state index < -0.39 is 11.7 Å². The van der Waals surface area contributed by atoms with Crippen molar-refractivity contribution in [2.75, 3.05) is 36.0 Å². The molecule has 0 unspecified atom stereocenters. The monoisotopic (exact) mass is 439 g/mol. The maximum Gasteiger partial charge on any atom is 0.416 e. The molecule has 1 fully saturated rings. The quantitative estimate of drug-likeness (QED) is 0.483. The lowest BCUT2D eigenvalue weighted by Crippen LogP contribution is -2.47. The molecule has 32 heavy (non-hydrogen) atoms. The number of aryl methyl sites for hydroxylation is 1. The van der Waals surface area contributed by atoms with Gasteiger partial charge in [-0.2, -0.15) is 22.7 Å². The van der Waals surface area contributed by atoms with Gasteiger partial charge in [-0.3, -0.25) is 4.98 Å². The van der Waals surface area contributed by atoms with Gasteiger partial charge in [0.05, 0.1) is 5.56 Å². The number of piperazine rings is 1. The third kappa shape index (κ3) is 3.83. The van der Waals surface area contributed by atoms with Crippen LogP contribution in [0.25, 0.3) is 17.2 Å². The van der Waals surface area contributed by atoms with Gasteiger partial charge in [-0.15, -0.1) is 5.10 Å². The van der Waals surface area contributed by atoms with E-state index in [4.69, 9.17) is 0 Å². The van der Waals surface area contributed by atoms with Crippen molar-refractivity contribution < 1.29 is 13.2 Å². The number of hydrogen-bond donors (Lipinski definition) is 0. The lowest BCUT2D eigenvalue weighted by atomic mass is 10.1. The summed E-state index contributed by atoms with van der Waals surface area (Å²) in [6.07, 6.45) is -0.955. The lowest BCUT2D eigenvalue weighted by molar-refractivity contribution is -0.137. The molecule has 7 nitrogen and oxygen atoms in total. The molecule has 1 aliphatic rings. The Balaban J connectivity index is 1.40. The molecule has 0 aliphatic carbocycles. The first-order valence-electron chi connectivity index (χ1n) is 10.2. The molecule has 1 aromatic carbocycles. The molecule has 10 heteroatoms. The van der Waals surface area contributed by atoms with Crippen LogP contribution in [0, 0.1) is 6.92 Å². The van der Waals surface area contributed by atoms with E-state index in [-0.39, 0.29) is 0 Å². The van der Waals surface area contributed by atoms with Gasteiger partial charge < -0.3 is 9.80 Å². The van der Waals surface area contributed by atoms with Crippen LogP contribution in [0.1, 0.15) is 11.3 Å². The highest BCUT2D eigenvalue weighted by molar-refractivity contribution is 5.58. The summed E-state index contributed by atoms with van der Waals surface area (Å²) in [4.78, 5) is 17.3. The van der Waals surface area contributed by atoms with Crippen LogP contribution >= 0.6 is 0 Å². The fourth-order valence-electron chi connectivity index (χ4n) is 3.88. The van der Waals surface area contributed by atoms with E-state index in [1.165, 1.54) is 12.1 Å². The average Bonchev–Trinajstić information content (AvgIpc) is 3.23. The van der Waals surface area contributed by atoms with Gasteiger partial charge in [0.25, 0.3) is 5.78 Å². The lowest BCUT2D eigenvalue weighted by Gasteiger charge is -2.37. The Morgan fingerprint density at radius 3 is 2.41 bits per heavy atom. The van der Waals surface area contributed by atoms with E-state index in [9.17, 15) is 13.2 Å². The van der Waals surface area contributed by atoms with Gasteiger partial charge in [0, 0.05) is 61.6 Å². The molecule has 0 N–H and O–H groups in total. The number of alkyl halides is 3. The maximum absolute atomic E-state index is 13.1. The predicted octanol–water partition coefficient (Wildman–Crippen LogP) is 3.84. The van der Waals surface area contributed by atoms with E-state index in [2.05, 4.69) is 25.0 Å². The number of benzene rings is 1. The Morgan fingerprint density at radius 2 is 1.69 bits per heavy atom. The first-order chi connectivity index (χ1) is 15.4. The first-order valence-corrected chi connectivity index (χ1v) is 10.2. The maximum atomic E-state index is 13.1. The summed E-state index contributed by atoms with van der Waals surface area (Å²) in [5.74, 6) is 1.90. The summed E-state index contributed by atoms with van der Waals surface area (Å²) in [6.45, 7) is 4.36. The highest BCUT2D eigenvalue weighted by atomic mass is 19.4. The number of anilines is 2. The van der Waals surface area contributed by atoms with E-state index in [0.717, 1.165) is 23.1 Å². The zero-order valence-corrected chi connectivity index (χ0v) is 17.3. The number of halogens is 3. The second-order valence-corrected chi connectivity index (χ2v) is 7.67. The van der Waals surface area contributed by atoms with Crippen molar-refractivity contribution in [2.45, 2.75) is 13.1 Å². The number of fused-ring (bicyclic) bond motifs is 1. The molecular weight excluding hydrogens is 419 g/mol. The Labute approximate surface area is 182 Å². The number of hydrogen-bond acceptors (Lipinski definition) is 6. The highest BCUT2D eigenvalue weighted by Gasteiger charge is 2.31. The minimum atomic E-state index is -4.35. The molecule has 1 saturated heterocycles. The summed E-state index contributed by atoms with van der Waals surface area (Å²) < 4.78 is 40.9. The predicted molar refractivity (Wildman–Crippen MR) is 115 cm³/mol. The molecule has 1 aliphatic heterocycles. The minimum absolute atomic E-state index is 0.499. The van der Waals surface area contributed by atoms with Crippen LogP contribution in [-0.4, -0.2) is 50.7 Å². The van der Waals surface area contributed by atoms with Crippen molar-refractivity contribution in [3.63, 3.8) is 0 Å². The second kappa shape index (κ2) is 7.77. The number of rotatable bonds is 3. The zero-order valence-electron chi connectivity index (χ0n) is 17.3. The van der Waals surface area contributed by atoms with Crippen LogP contribution in [0.4, 0.5) is 24.7 Å². The minimum Gasteiger partial charge on any atom is -0.368 e.